The lowest BCUT2D eigenvalue weighted by molar-refractivity contribution is -0.118. The number of aromatic nitrogens is 2. The molecule has 132 valence electrons. The Bertz CT molecular complexity index is 754. The maximum atomic E-state index is 12.7. The average Bonchev–Trinajstić information content (AvgIpc) is 3.26. The van der Waals surface area contributed by atoms with Gasteiger partial charge in [0, 0.05) is 43.4 Å². The maximum Gasteiger partial charge on any atom is 0.228 e. The lowest BCUT2D eigenvalue weighted by Gasteiger charge is -2.32. The number of aromatic amines is 1. The van der Waals surface area contributed by atoms with E-state index < -0.39 is 0 Å². The molecule has 5 heteroatoms. The third-order valence-electron chi connectivity index (χ3n) is 5.48. The quantitative estimate of drug-likeness (QED) is 0.933. The highest BCUT2D eigenvalue weighted by atomic mass is 16.2. The van der Waals surface area contributed by atoms with Gasteiger partial charge in [-0.2, -0.15) is 5.10 Å². The average molecular weight is 338 g/mol. The molecule has 1 saturated heterocycles. The first-order chi connectivity index (χ1) is 12.2. The predicted molar refractivity (Wildman–Crippen MR) is 98.9 cm³/mol. The monoisotopic (exact) mass is 338 g/mol. The maximum absolute atomic E-state index is 12.7. The van der Waals surface area contributed by atoms with Crippen LogP contribution in [0.4, 0.5) is 5.69 Å². The fourth-order valence-corrected chi connectivity index (χ4v) is 4.13. The topological polar surface area (TPSA) is 52.2 Å². The number of anilines is 1. The molecule has 5 nitrogen and oxygen atoms in total. The van der Waals surface area contributed by atoms with Crippen molar-refractivity contribution in [3.05, 3.63) is 47.3 Å². The van der Waals surface area contributed by atoms with Crippen LogP contribution in [0, 0.1) is 6.92 Å². The van der Waals surface area contributed by atoms with Gasteiger partial charge in [0.2, 0.25) is 5.91 Å². The number of nitrogens with zero attached hydrogens (tertiary/aromatic N) is 3. The lowest BCUT2D eigenvalue weighted by atomic mass is 9.94. The van der Waals surface area contributed by atoms with Gasteiger partial charge in [0.15, 0.2) is 0 Å². The van der Waals surface area contributed by atoms with Crippen molar-refractivity contribution < 1.29 is 4.79 Å². The van der Waals surface area contributed by atoms with Gasteiger partial charge >= 0.3 is 0 Å². The summed E-state index contributed by atoms with van der Waals surface area (Å²) in [5.41, 5.74) is 4.69. The zero-order chi connectivity index (χ0) is 17.2. The van der Waals surface area contributed by atoms with Crippen LogP contribution >= 0.6 is 0 Å². The highest BCUT2D eigenvalue weighted by molar-refractivity contribution is 5.95. The molecule has 2 aromatic rings. The first kappa shape index (κ1) is 16.3. The number of amides is 1. The van der Waals surface area contributed by atoms with Crippen molar-refractivity contribution in [2.45, 2.75) is 38.5 Å². The second-order valence-electron chi connectivity index (χ2n) is 7.29. The second-order valence-corrected chi connectivity index (χ2v) is 7.29. The normalized spacial score (nSPS) is 20.7. The third-order valence-corrected chi connectivity index (χ3v) is 5.48. The van der Waals surface area contributed by atoms with Gasteiger partial charge in [-0.3, -0.25) is 9.89 Å². The van der Waals surface area contributed by atoms with Crippen LogP contribution < -0.4 is 4.90 Å². The van der Waals surface area contributed by atoms with Crippen molar-refractivity contribution in [3.8, 4) is 0 Å². The zero-order valence-corrected chi connectivity index (χ0v) is 14.9. The molecule has 3 heterocycles. The molecule has 2 aliphatic heterocycles. The molecular formula is C20H26N4O. The van der Waals surface area contributed by atoms with E-state index in [0.29, 0.717) is 12.3 Å². The van der Waals surface area contributed by atoms with E-state index in [1.165, 1.54) is 24.1 Å². The van der Waals surface area contributed by atoms with E-state index in [9.17, 15) is 4.79 Å². The fraction of sp³-hybridized carbons (Fsp3) is 0.500. The zero-order valence-electron chi connectivity index (χ0n) is 14.9. The van der Waals surface area contributed by atoms with E-state index in [4.69, 9.17) is 0 Å². The van der Waals surface area contributed by atoms with E-state index >= 15 is 0 Å². The molecule has 1 atom stereocenters. The minimum Gasteiger partial charge on any atom is -0.312 e. The van der Waals surface area contributed by atoms with Crippen molar-refractivity contribution in [1.82, 2.24) is 15.1 Å². The number of fused-ring (bicyclic) bond motifs is 1. The molecule has 0 unspecified atom stereocenters. The Morgan fingerprint density at radius 1 is 1.32 bits per heavy atom. The molecule has 0 radical (unpaired) electrons. The number of piperidine rings is 1. The number of likely N-dealkylation sites (tertiary alicyclic amines) is 1. The van der Waals surface area contributed by atoms with Crippen LogP contribution in [-0.4, -0.2) is 47.2 Å². The highest BCUT2D eigenvalue weighted by Crippen LogP contribution is 2.29. The van der Waals surface area contributed by atoms with E-state index in [0.717, 1.165) is 44.0 Å². The molecule has 1 fully saturated rings. The Morgan fingerprint density at radius 3 is 3.04 bits per heavy atom. The molecule has 1 amide bonds. The van der Waals surface area contributed by atoms with Crippen molar-refractivity contribution in [2.75, 3.05) is 31.1 Å². The van der Waals surface area contributed by atoms with Crippen LogP contribution in [0.5, 0.6) is 0 Å². The summed E-state index contributed by atoms with van der Waals surface area (Å²) in [5.74, 6) is 0.740. The Kier molecular flexibility index (Phi) is 4.57. The summed E-state index contributed by atoms with van der Waals surface area (Å²) in [6.07, 6.45) is 3.94. The van der Waals surface area contributed by atoms with Gasteiger partial charge in [0.25, 0.3) is 0 Å². The summed E-state index contributed by atoms with van der Waals surface area (Å²) in [7, 11) is 0. The van der Waals surface area contributed by atoms with Gasteiger partial charge in [-0.05, 0) is 50.4 Å². The summed E-state index contributed by atoms with van der Waals surface area (Å²) >= 11 is 0. The van der Waals surface area contributed by atoms with Crippen molar-refractivity contribution in [3.63, 3.8) is 0 Å². The molecule has 0 spiro atoms. The van der Waals surface area contributed by atoms with E-state index in [2.05, 4.69) is 39.4 Å². The van der Waals surface area contributed by atoms with E-state index in [1.54, 1.807) is 0 Å². The number of hydrogen-bond acceptors (Lipinski definition) is 3. The molecule has 0 saturated carbocycles. The first-order valence-electron chi connectivity index (χ1n) is 9.33. The molecule has 0 aliphatic carbocycles. The van der Waals surface area contributed by atoms with E-state index in [-0.39, 0.29) is 5.91 Å². The molecule has 1 aromatic carbocycles. The Morgan fingerprint density at radius 2 is 2.20 bits per heavy atom. The molecule has 2 aliphatic rings. The van der Waals surface area contributed by atoms with Gasteiger partial charge in [-0.25, -0.2) is 0 Å². The summed E-state index contributed by atoms with van der Waals surface area (Å²) in [4.78, 5) is 17.1. The van der Waals surface area contributed by atoms with Gasteiger partial charge in [0.05, 0.1) is 5.69 Å². The number of para-hydroxylation sites is 1. The number of nitrogens with one attached hydrogen (secondary N) is 1. The number of H-pyrrole nitrogens is 1. The standard InChI is InChI=1S/C20H26N4O/c1-15-13-18(22-21-15)17-6-4-10-23(14-17)11-9-20(25)24-12-8-16-5-2-3-7-19(16)24/h2-3,5,7,13,17H,4,6,8-12,14H2,1H3,(H,21,22)/t17-/m0/s1. The van der Waals surface area contributed by atoms with Crippen molar-refractivity contribution in [2.24, 2.45) is 0 Å². The van der Waals surface area contributed by atoms with Gasteiger partial charge in [-0.15, -0.1) is 0 Å². The second kappa shape index (κ2) is 7.00. The number of carbonyl (C=O) groups excluding carboxylic acids is 1. The molecular weight excluding hydrogens is 312 g/mol. The van der Waals surface area contributed by atoms with Crippen LogP contribution in [0.25, 0.3) is 0 Å². The van der Waals surface area contributed by atoms with Crippen molar-refractivity contribution >= 4 is 11.6 Å². The Balaban J connectivity index is 1.33. The van der Waals surface area contributed by atoms with Crippen LogP contribution in [0.3, 0.4) is 0 Å². The first-order valence-corrected chi connectivity index (χ1v) is 9.33. The largest absolute Gasteiger partial charge is 0.312 e. The molecule has 4 rings (SSSR count). The van der Waals surface area contributed by atoms with Gasteiger partial charge in [0.1, 0.15) is 0 Å². The SMILES string of the molecule is Cc1cc([C@H]2CCCN(CCC(=O)N3CCc4ccccc43)C2)n[nH]1. The summed E-state index contributed by atoms with van der Waals surface area (Å²) in [6, 6.07) is 10.4. The predicted octanol–water partition coefficient (Wildman–Crippen LogP) is 2.88. The Hall–Kier alpha value is -2.14. The van der Waals surface area contributed by atoms with Crippen LogP contribution in [0.15, 0.2) is 30.3 Å². The fourth-order valence-electron chi connectivity index (χ4n) is 4.13. The lowest BCUT2D eigenvalue weighted by Crippen LogP contribution is -2.38. The number of benzene rings is 1. The van der Waals surface area contributed by atoms with Gasteiger partial charge < -0.3 is 9.80 Å². The van der Waals surface area contributed by atoms with E-state index in [1.807, 2.05) is 17.9 Å². The van der Waals surface area contributed by atoms with Crippen LogP contribution in [0.2, 0.25) is 0 Å². The van der Waals surface area contributed by atoms with Crippen LogP contribution in [0.1, 0.15) is 42.1 Å². The summed E-state index contributed by atoms with van der Waals surface area (Å²) in [5, 5.41) is 7.48. The third kappa shape index (κ3) is 3.47. The number of carbonyl (C=O) groups is 1. The molecule has 1 N–H and O–H groups in total. The van der Waals surface area contributed by atoms with Crippen LogP contribution in [-0.2, 0) is 11.2 Å². The number of rotatable bonds is 4. The summed E-state index contributed by atoms with van der Waals surface area (Å²) < 4.78 is 0. The molecule has 0 bridgehead atoms. The van der Waals surface area contributed by atoms with Gasteiger partial charge in [-0.1, -0.05) is 18.2 Å². The minimum atomic E-state index is 0.252. The summed E-state index contributed by atoms with van der Waals surface area (Å²) in [6.45, 7) is 5.81. The minimum absolute atomic E-state index is 0.252. The number of aryl methyl sites for hydroxylation is 1. The molecule has 1 aromatic heterocycles. The Labute approximate surface area is 149 Å². The molecule has 25 heavy (non-hydrogen) atoms. The number of hydrogen-bond donors (Lipinski definition) is 1. The highest BCUT2D eigenvalue weighted by Gasteiger charge is 2.26. The smallest absolute Gasteiger partial charge is 0.228 e. The van der Waals surface area contributed by atoms with Crippen molar-refractivity contribution in [1.29, 1.82) is 0 Å².